The second-order valence-corrected chi connectivity index (χ2v) is 27.9. The van der Waals surface area contributed by atoms with E-state index in [1.807, 2.05) is 91.0 Å². The lowest BCUT2D eigenvalue weighted by molar-refractivity contribution is 1.07. The van der Waals surface area contributed by atoms with E-state index in [1.165, 1.54) is 26.2 Å². The van der Waals surface area contributed by atoms with Crippen molar-refractivity contribution < 1.29 is 0 Å². The van der Waals surface area contributed by atoms with E-state index >= 15 is 0 Å². The van der Waals surface area contributed by atoms with E-state index in [0.29, 0.717) is 34.9 Å². The Labute approximate surface area is 605 Å². The van der Waals surface area contributed by atoms with Crippen molar-refractivity contribution in [3.8, 4) is 134 Å². The van der Waals surface area contributed by atoms with E-state index in [-0.39, 0.29) is 0 Å². The zero-order valence-electron chi connectivity index (χ0n) is 55.6. The first kappa shape index (κ1) is 60.4. The standard InChI is InChI=1S/C92H56N10S2/c1-4-19-61(20-5-1)85-95-86(62-21-6-2-7-22-62)97-88(96-85)64-41-37-57(38-42-64)58-45-50-69(51-46-58)101-78-33-14-11-28-72(78)84-74(30-18-35-80(84)101)92-94-76-54-49-67(56-82(76)104-92)59-39-43-65(44-40-59)89-98-87(63-23-8-3-9-24-63)99-90(100-89)68-26-16-25-66(55-68)60-47-52-70(53-48-60)102-77-32-13-10-27-71(77)83-73(29-17-34-79(83)102)91-93-75-31-12-15-36-81(75)103-91/h1-56H. The van der Waals surface area contributed by atoms with Gasteiger partial charge in [-0.3, -0.25) is 0 Å². The molecular formula is C92H56N10S2. The molecule has 20 aromatic rings. The molecule has 104 heavy (non-hydrogen) atoms. The Bertz CT molecular complexity index is 6600. The highest BCUT2D eigenvalue weighted by Crippen LogP contribution is 2.45. The van der Waals surface area contributed by atoms with Gasteiger partial charge in [-0.05, 0) is 112 Å². The molecule has 0 N–H and O–H groups in total. The van der Waals surface area contributed by atoms with Gasteiger partial charge in [0.2, 0.25) is 0 Å². The van der Waals surface area contributed by atoms with E-state index < -0.39 is 0 Å². The maximum Gasteiger partial charge on any atom is 0.164 e. The van der Waals surface area contributed by atoms with Crippen LogP contribution in [0.15, 0.2) is 340 Å². The molecule has 0 saturated carbocycles. The van der Waals surface area contributed by atoms with Crippen molar-refractivity contribution in [3.63, 3.8) is 0 Å². The highest BCUT2D eigenvalue weighted by Gasteiger charge is 2.23. The van der Waals surface area contributed by atoms with E-state index in [2.05, 4.69) is 258 Å². The van der Waals surface area contributed by atoms with Gasteiger partial charge in [-0.1, -0.05) is 261 Å². The minimum atomic E-state index is 0.596. The Hall–Kier alpha value is -13.5. The van der Waals surface area contributed by atoms with Crippen molar-refractivity contribution in [2.75, 3.05) is 0 Å². The summed E-state index contributed by atoms with van der Waals surface area (Å²) in [4.78, 5) is 40.7. The van der Waals surface area contributed by atoms with Crippen LogP contribution in [0.4, 0.5) is 0 Å². The molecule has 0 atom stereocenters. The Morgan fingerprint density at radius 2 is 0.519 bits per heavy atom. The first-order chi connectivity index (χ1) is 51.5. The van der Waals surface area contributed by atoms with Gasteiger partial charge in [0.25, 0.3) is 0 Å². The van der Waals surface area contributed by atoms with Crippen LogP contribution in [0, 0.1) is 0 Å². The summed E-state index contributed by atoms with van der Waals surface area (Å²) in [6, 6.07) is 119. The van der Waals surface area contributed by atoms with Crippen LogP contribution < -0.4 is 0 Å². The summed E-state index contributed by atoms with van der Waals surface area (Å²) in [5, 5.41) is 6.74. The first-order valence-electron chi connectivity index (χ1n) is 34.5. The van der Waals surface area contributed by atoms with Gasteiger partial charge in [0.1, 0.15) is 10.0 Å². The molecule has 0 unspecified atom stereocenters. The largest absolute Gasteiger partial charge is 0.309 e. The molecule has 0 spiro atoms. The van der Waals surface area contributed by atoms with Gasteiger partial charge in [-0.25, -0.2) is 39.9 Å². The van der Waals surface area contributed by atoms with Crippen molar-refractivity contribution >= 4 is 86.7 Å². The van der Waals surface area contributed by atoms with E-state index in [9.17, 15) is 0 Å². The fraction of sp³-hybridized carbons (Fsp3) is 0. The van der Waals surface area contributed by atoms with Gasteiger partial charge < -0.3 is 9.13 Å². The maximum absolute atomic E-state index is 5.33. The molecule has 0 saturated heterocycles. The monoisotopic (exact) mass is 1360 g/mol. The average Bonchev–Trinajstić information content (AvgIpc) is 1.58. The predicted molar refractivity (Wildman–Crippen MR) is 428 cm³/mol. The molecule has 6 aromatic heterocycles. The summed E-state index contributed by atoms with van der Waals surface area (Å²) in [6.45, 7) is 0. The topological polar surface area (TPSA) is 113 Å². The van der Waals surface area contributed by atoms with Crippen LogP contribution in [-0.2, 0) is 0 Å². The number of nitrogens with zero attached hydrogens (tertiary/aromatic N) is 10. The van der Waals surface area contributed by atoms with Crippen LogP contribution >= 0.6 is 22.7 Å². The zero-order valence-corrected chi connectivity index (χ0v) is 57.3. The van der Waals surface area contributed by atoms with Crippen LogP contribution in [0.1, 0.15) is 0 Å². The predicted octanol–water partition coefficient (Wildman–Crippen LogP) is 23.8. The third-order valence-electron chi connectivity index (χ3n) is 19.6. The normalized spacial score (nSPS) is 11.7. The molecule has 12 heteroatoms. The molecule has 0 bridgehead atoms. The highest BCUT2D eigenvalue weighted by atomic mass is 32.1. The van der Waals surface area contributed by atoms with Crippen LogP contribution in [-0.4, -0.2) is 49.0 Å². The zero-order chi connectivity index (χ0) is 68.6. The Morgan fingerprint density at radius 3 is 0.990 bits per heavy atom. The van der Waals surface area contributed by atoms with Crippen LogP contribution in [0.3, 0.4) is 0 Å². The average molecular weight is 1370 g/mol. The molecule has 10 nitrogen and oxygen atoms in total. The summed E-state index contributed by atoms with van der Waals surface area (Å²) in [6.07, 6.45) is 0. The second kappa shape index (κ2) is 25.3. The molecule has 0 radical (unpaired) electrons. The molecule has 0 aliphatic rings. The highest BCUT2D eigenvalue weighted by molar-refractivity contribution is 7.22. The molecule has 6 heterocycles. The summed E-state index contributed by atoms with van der Waals surface area (Å²) >= 11 is 3.46. The number of benzene rings is 14. The summed E-state index contributed by atoms with van der Waals surface area (Å²) in [5.41, 5.74) is 22.9. The first-order valence-corrected chi connectivity index (χ1v) is 36.2. The Morgan fingerprint density at radius 1 is 0.202 bits per heavy atom. The molecule has 486 valence electrons. The van der Waals surface area contributed by atoms with Crippen LogP contribution in [0.2, 0.25) is 0 Å². The van der Waals surface area contributed by atoms with E-state index in [1.54, 1.807) is 22.7 Å². The smallest absolute Gasteiger partial charge is 0.164 e. The van der Waals surface area contributed by atoms with Crippen LogP contribution in [0.5, 0.6) is 0 Å². The number of para-hydroxylation sites is 3. The summed E-state index contributed by atoms with van der Waals surface area (Å²) in [5.74, 6) is 3.70. The minimum absolute atomic E-state index is 0.596. The number of aromatic nitrogens is 10. The van der Waals surface area contributed by atoms with Gasteiger partial charge >= 0.3 is 0 Å². The van der Waals surface area contributed by atoms with Gasteiger partial charge in [-0.2, -0.15) is 0 Å². The third kappa shape index (κ3) is 10.8. The summed E-state index contributed by atoms with van der Waals surface area (Å²) in [7, 11) is 0. The number of fused-ring (bicyclic) bond motifs is 8. The minimum Gasteiger partial charge on any atom is -0.309 e. The lowest BCUT2D eigenvalue weighted by Crippen LogP contribution is -2.00. The third-order valence-corrected chi connectivity index (χ3v) is 21.7. The van der Waals surface area contributed by atoms with Crippen molar-refractivity contribution in [2.24, 2.45) is 0 Å². The van der Waals surface area contributed by atoms with E-state index in [0.717, 1.165) is 137 Å². The number of thiazole rings is 2. The fourth-order valence-electron chi connectivity index (χ4n) is 14.5. The van der Waals surface area contributed by atoms with Gasteiger partial charge in [0.15, 0.2) is 34.9 Å². The lowest BCUT2D eigenvalue weighted by Gasteiger charge is -2.11. The number of hydrogen-bond donors (Lipinski definition) is 0. The number of hydrogen-bond acceptors (Lipinski definition) is 10. The SMILES string of the molecule is c1ccc(-c2nc(-c3ccccc3)nc(-c3ccc(-c4ccc(-n5c6ccccc6c6c(-c7nc8ccc(-c9ccc(-c%10nc(-c%11ccccc%11)nc(-c%11cccc(-c%12ccc(-n%13c%14ccccc%14c%14c(-c%15nc%16ccccc%16s%15)cccc%14%13)cc%12)c%11)n%10)cc9)cc8s7)cccc65)cc4)cc3)n2)cc1. The van der Waals surface area contributed by atoms with E-state index in [4.69, 9.17) is 39.9 Å². The molecule has 0 aliphatic carbocycles. The Balaban J connectivity index is 0.574. The van der Waals surface area contributed by atoms with Crippen molar-refractivity contribution in [3.05, 3.63) is 340 Å². The molecular weight excluding hydrogens is 1310 g/mol. The quantitative estimate of drug-likeness (QED) is 0.112. The molecule has 0 aliphatic heterocycles. The lowest BCUT2D eigenvalue weighted by atomic mass is 10.0. The van der Waals surface area contributed by atoms with Crippen LogP contribution in [0.25, 0.3) is 198 Å². The Kier molecular flexibility index (Phi) is 14.7. The van der Waals surface area contributed by atoms with Gasteiger partial charge in [-0.15, -0.1) is 22.7 Å². The molecule has 20 rings (SSSR count). The molecule has 0 fully saturated rings. The molecule has 14 aromatic carbocycles. The second-order valence-electron chi connectivity index (χ2n) is 25.8. The molecule has 0 amide bonds. The van der Waals surface area contributed by atoms with Crippen molar-refractivity contribution in [2.45, 2.75) is 0 Å². The van der Waals surface area contributed by atoms with Crippen molar-refractivity contribution in [1.29, 1.82) is 0 Å². The van der Waals surface area contributed by atoms with Gasteiger partial charge in [0.05, 0.1) is 42.5 Å². The maximum atomic E-state index is 5.33. The van der Waals surface area contributed by atoms with Crippen molar-refractivity contribution in [1.82, 2.24) is 49.0 Å². The van der Waals surface area contributed by atoms with Gasteiger partial charge in [0, 0.05) is 77.4 Å². The fourth-order valence-corrected chi connectivity index (χ4v) is 16.5. The number of rotatable bonds is 13. The summed E-state index contributed by atoms with van der Waals surface area (Å²) < 4.78 is 7.04.